The van der Waals surface area contributed by atoms with Crippen LogP contribution in [0.1, 0.15) is 18.9 Å². The van der Waals surface area contributed by atoms with Gasteiger partial charge >= 0.3 is 0 Å². The van der Waals surface area contributed by atoms with Gasteiger partial charge in [0.05, 0.1) is 6.54 Å². The molecule has 1 aliphatic rings. The number of carbonyl (C=O) groups is 1. The fourth-order valence-corrected chi connectivity index (χ4v) is 2.63. The molecule has 0 bridgehead atoms. The van der Waals surface area contributed by atoms with E-state index < -0.39 is 24.3 Å². The van der Waals surface area contributed by atoms with Crippen molar-refractivity contribution in [2.24, 2.45) is 0 Å². The molecular weight excluding hydrogens is 448 g/mol. The van der Waals surface area contributed by atoms with Crippen LogP contribution in [0.25, 0.3) is 5.70 Å². The molecule has 0 aliphatic carbocycles. The van der Waals surface area contributed by atoms with Crippen molar-refractivity contribution in [1.82, 2.24) is 4.90 Å². The van der Waals surface area contributed by atoms with Crippen molar-refractivity contribution in [3.8, 4) is 17.6 Å². The third-order valence-corrected chi connectivity index (χ3v) is 3.91. The Morgan fingerprint density at radius 1 is 1.48 bits per heavy atom. The summed E-state index contributed by atoms with van der Waals surface area (Å²) in [7, 11) is 0. The number of rotatable bonds is 5. The van der Waals surface area contributed by atoms with Gasteiger partial charge in [0.15, 0.2) is 0 Å². The minimum absolute atomic E-state index is 0. The zero-order valence-electron chi connectivity index (χ0n) is 13.4. The first-order valence-electron chi connectivity index (χ1n) is 7.10. The first kappa shape index (κ1) is 22.4. The van der Waals surface area contributed by atoms with E-state index >= 15 is 0 Å². The summed E-state index contributed by atoms with van der Waals surface area (Å²) in [5.41, 5.74) is 0.630. The van der Waals surface area contributed by atoms with Crippen LogP contribution in [0.15, 0.2) is 18.2 Å². The molecule has 1 aliphatic heterocycles. The van der Waals surface area contributed by atoms with Crippen LogP contribution in [-0.4, -0.2) is 35.8 Å². The molecule has 2 rings (SSSR count). The summed E-state index contributed by atoms with van der Waals surface area (Å²) in [5, 5.41) is -0.638. The number of allylic oxidation sites excluding steroid dienone is 1. The molecule has 0 aromatic heterocycles. The molecule has 1 aromatic carbocycles. The van der Waals surface area contributed by atoms with Crippen LogP contribution < -0.4 is 4.74 Å². The number of carbonyl (C=O) groups excluding carboxylic acids is 1. The third-order valence-electron chi connectivity index (χ3n) is 3.26. The Kier molecular flexibility index (Phi) is 9.37. The minimum Gasteiger partial charge on any atom is -0.481 e. The molecule has 0 fully saturated rings. The first-order valence-corrected chi connectivity index (χ1v) is 7.92. The van der Waals surface area contributed by atoms with Gasteiger partial charge in [0, 0.05) is 32.7 Å². The van der Waals surface area contributed by atoms with Crippen molar-refractivity contribution in [3.63, 3.8) is 0 Å². The van der Waals surface area contributed by atoms with Crippen molar-refractivity contribution >= 4 is 34.8 Å². The normalized spacial score (nSPS) is 16.7. The number of halogens is 4. The second-order valence-corrected chi connectivity index (χ2v) is 5.83. The molecule has 25 heavy (non-hydrogen) atoms. The second-order valence-electron chi connectivity index (χ2n) is 4.89. The van der Waals surface area contributed by atoms with E-state index in [1.165, 1.54) is 0 Å². The van der Waals surface area contributed by atoms with Crippen LogP contribution in [0.2, 0.25) is 5.02 Å². The summed E-state index contributed by atoms with van der Waals surface area (Å²) in [5.74, 6) is 5.36. The second kappa shape index (κ2) is 10.5. The van der Waals surface area contributed by atoms with Crippen LogP contribution >= 0.6 is 23.2 Å². The molecule has 1 radical (unpaired) electrons. The van der Waals surface area contributed by atoms with E-state index in [4.69, 9.17) is 27.9 Å². The fraction of sp³-hybridized carbons (Fsp3) is 0.353. The van der Waals surface area contributed by atoms with Gasteiger partial charge in [0.2, 0.25) is 5.91 Å². The van der Waals surface area contributed by atoms with E-state index in [0.717, 1.165) is 4.90 Å². The zero-order valence-corrected chi connectivity index (χ0v) is 17.7. The van der Waals surface area contributed by atoms with Crippen molar-refractivity contribution in [3.05, 3.63) is 34.9 Å². The minimum atomic E-state index is -2.69. The van der Waals surface area contributed by atoms with Gasteiger partial charge in [-0.1, -0.05) is 12.3 Å². The molecular formula is C17H14Cl2F2NO2Y-. The Hall–Kier alpha value is -0.666. The molecule has 0 N–H and O–H groups in total. The zero-order chi connectivity index (χ0) is 17.7. The average Bonchev–Trinajstić information content (AvgIpc) is 2.53. The monoisotopic (exact) mass is 461 g/mol. The molecule has 1 aromatic rings. The van der Waals surface area contributed by atoms with Gasteiger partial charge in [-0.25, -0.2) is 14.9 Å². The summed E-state index contributed by atoms with van der Waals surface area (Å²) in [6, 6.07) is 4.77. The molecule has 3 nitrogen and oxygen atoms in total. The van der Waals surface area contributed by atoms with E-state index in [1.54, 1.807) is 25.1 Å². The van der Waals surface area contributed by atoms with E-state index in [9.17, 15) is 13.6 Å². The van der Waals surface area contributed by atoms with Crippen molar-refractivity contribution in [2.75, 3.05) is 13.2 Å². The quantitative estimate of drug-likeness (QED) is 0.377. The molecule has 8 heteroatoms. The van der Waals surface area contributed by atoms with Gasteiger partial charge in [0.1, 0.15) is 17.7 Å². The van der Waals surface area contributed by atoms with Gasteiger partial charge < -0.3 is 9.64 Å². The van der Waals surface area contributed by atoms with E-state index in [0.29, 0.717) is 11.3 Å². The molecule has 0 saturated heterocycles. The largest absolute Gasteiger partial charge is 0.481 e. The number of alkyl halides is 3. The van der Waals surface area contributed by atoms with Crippen molar-refractivity contribution < 1.29 is 51.0 Å². The predicted octanol–water partition coefficient (Wildman–Crippen LogP) is 3.99. The van der Waals surface area contributed by atoms with E-state index in [2.05, 4.69) is 17.9 Å². The summed E-state index contributed by atoms with van der Waals surface area (Å²) in [6.45, 7) is 1.15. The standard InChI is InChI=1S/C17H14Cl2F2NO2.Y/c1-2-3-8-24-11-4-5-12(14(19)9-11)15-7-6-13(18)17(23)22(15)10-16(20)21;/h4-5,9,13,16H,6,8,10H2,1H3;/q-1;. The van der Waals surface area contributed by atoms with Crippen LogP contribution in [0, 0.1) is 17.9 Å². The maximum atomic E-state index is 12.8. The molecule has 0 spiro atoms. The number of ether oxygens (including phenoxy) is 1. The van der Waals surface area contributed by atoms with Gasteiger partial charge in [-0.2, -0.15) is 0 Å². The van der Waals surface area contributed by atoms with Gasteiger partial charge in [-0.05, 0) is 24.1 Å². The Bertz CT molecular complexity index is 716. The fourth-order valence-electron chi connectivity index (χ4n) is 2.18. The molecule has 131 valence electrons. The molecule has 1 heterocycles. The Morgan fingerprint density at radius 2 is 2.20 bits per heavy atom. The van der Waals surface area contributed by atoms with Gasteiger partial charge in [-0.15, -0.1) is 46.4 Å². The van der Waals surface area contributed by atoms with Crippen LogP contribution in [0.4, 0.5) is 8.78 Å². The molecule has 0 saturated carbocycles. The number of nitrogens with zero attached hydrogens (tertiary/aromatic N) is 1. The van der Waals surface area contributed by atoms with Crippen LogP contribution in [0.5, 0.6) is 5.75 Å². The first-order chi connectivity index (χ1) is 11.4. The van der Waals surface area contributed by atoms with Crippen molar-refractivity contribution in [2.45, 2.75) is 25.1 Å². The molecule has 1 amide bonds. The number of hydrogen-bond donors (Lipinski definition) is 0. The number of amides is 1. The third kappa shape index (κ3) is 5.93. The Balaban J connectivity index is 0.00000312. The van der Waals surface area contributed by atoms with Crippen LogP contribution in [0.3, 0.4) is 0 Å². The predicted molar refractivity (Wildman–Crippen MR) is 89.0 cm³/mol. The number of benzene rings is 1. The summed E-state index contributed by atoms with van der Waals surface area (Å²) in [6.07, 6.45) is 0.335. The van der Waals surface area contributed by atoms with E-state index in [1.807, 2.05) is 0 Å². The average molecular weight is 462 g/mol. The Labute approximate surface area is 180 Å². The Morgan fingerprint density at radius 3 is 2.80 bits per heavy atom. The summed E-state index contributed by atoms with van der Waals surface area (Å²) >= 11 is 12.1. The number of hydrogen-bond acceptors (Lipinski definition) is 2. The maximum absolute atomic E-state index is 12.8. The summed E-state index contributed by atoms with van der Waals surface area (Å²) in [4.78, 5) is 13.0. The molecule has 1 atom stereocenters. The van der Waals surface area contributed by atoms with E-state index in [-0.39, 0.29) is 56.5 Å². The smallest absolute Gasteiger partial charge is 0.256 e. The van der Waals surface area contributed by atoms with Crippen molar-refractivity contribution in [1.29, 1.82) is 0 Å². The molecule has 1 unspecified atom stereocenters. The van der Waals surface area contributed by atoms with Gasteiger partial charge in [-0.3, -0.25) is 4.79 Å². The maximum Gasteiger partial charge on any atom is 0.256 e. The van der Waals surface area contributed by atoms with Crippen LogP contribution in [-0.2, 0) is 37.5 Å². The summed E-state index contributed by atoms with van der Waals surface area (Å²) < 4.78 is 31.0. The SMILES string of the molecule is CC#CCOc1ccc(C2=[C-]CC(Cl)C(=O)N2CC(F)F)c(Cl)c1.[Y]. The van der Waals surface area contributed by atoms with Gasteiger partial charge in [0.25, 0.3) is 6.43 Å². The topological polar surface area (TPSA) is 29.5 Å².